The van der Waals surface area contributed by atoms with Crippen molar-refractivity contribution in [1.82, 2.24) is 9.69 Å². The summed E-state index contributed by atoms with van der Waals surface area (Å²) < 4.78 is 14.0. The topological polar surface area (TPSA) is 187 Å². The van der Waals surface area contributed by atoms with Gasteiger partial charge in [0.15, 0.2) is 17.2 Å². The molecule has 200 valence electrons. The third-order valence-corrected chi connectivity index (χ3v) is 6.28. The molecule has 0 aliphatic carbocycles. The highest BCUT2D eigenvalue weighted by atomic mass is 32.1. The highest BCUT2D eigenvalue weighted by Crippen LogP contribution is 2.36. The molecule has 3 aromatic rings. The average molecular weight is 542 g/mol. The number of nitrogens with two attached hydrogens (primary N) is 2. The fourth-order valence-electron chi connectivity index (χ4n) is 3.58. The molecule has 3 amide bonds. The van der Waals surface area contributed by atoms with E-state index >= 15 is 0 Å². The number of anilines is 2. The number of hydrogen-bond acceptors (Lipinski definition) is 10. The first kappa shape index (κ1) is 27.9. The van der Waals surface area contributed by atoms with Gasteiger partial charge in [-0.3, -0.25) is 24.1 Å². The Kier molecular flexibility index (Phi) is 8.86. The van der Waals surface area contributed by atoms with E-state index in [0.717, 1.165) is 10.5 Å². The molecule has 13 heteroatoms. The maximum Gasteiger partial charge on any atom is 0.325 e. The SMILES string of the molecule is CCOC(=O)CNC(=O)[C@H](c1ccc(O)c(OC)c1)N(C(=O)c1snc(C(N)=O)c1N)c1ccc(C)cc1. The molecule has 0 fully saturated rings. The number of nitrogens with one attached hydrogen (secondary N) is 1. The molecule has 1 heterocycles. The van der Waals surface area contributed by atoms with Gasteiger partial charge in [-0.15, -0.1) is 0 Å². The maximum atomic E-state index is 14.0. The van der Waals surface area contributed by atoms with Crippen molar-refractivity contribution in [3.8, 4) is 11.5 Å². The lowest BCUT2D eigenvalue weighted by molar-refractivity contribution is -0.143. The number of rotatable bonds is 10. The Balaban J connectivity index is 2.20. The normalized spacial score (nSPS) is 11.3. The second-order valence-corrected chi connectivity index (χ2v) is 8.78. The maximum absolute atomic E-state index is 14.0. The van der Waals surface area contributed by atoms with E-state index < -0.39 is 36.3 Å². The molecule has 0 radical (unpaired) electrons. The van der Waals surface area contributed by atoms with E-state index in [-0.39, 0.29) is 39.9 Å². The number of esters is 1. The fraction of sp³-hybridized carbons (Fsp3) is 0.240. The second-order valence-electron chi connectivity index (χ2n) is 8.01. The monoisotopic (exact) mass is 541 g/mol. The van der Waals surface area contributed by atoms with Gasteiger partial charge in [0.2, 0.25) is 5.91 Å². The third-order valence-electron chi connectivity index (χ3n) is 5.42. The van der Waals surface area contributed by atoms with E-state index in [4.69, 9.17) is 20.9 Å². The van der Waals surface area contributed by atoms with E-state index in [1.807, 2.05) is 6.92 Å². The predicted octanol–water partition coefficient (Wildman–Crippen LogP) is 1.91. The van der Waals surface area contributed by atoms with Crippen LogP contribution in [0.1, 0.15) is 44.3 Å². The first-order chi connectivity index (χ1) is 18.1. The number of nitrogen functional groups attached to an aromatic ring is 1. The van der Waals surface area contributed by atoms with Crippen LogP contribution in [0.15, 0.2) is 42.5 Å². The molecule has 12 nitrogen and oxygen atoms in total. The van der Waals surface area contributed by atoms with Crippen molar-refractivity contribution in [2.45, 2.75) is 19.9 Å². The Bertz CT molecular complexity index is 1360. The molecule has 38 heavy (non-hydrogen) atoms. The van der Waals surface area contributed by atoms with Crippen molar-refractivity contribution in [2.75, 3.05) is 30.9 Å². The standard InChI is InChI=1S/C25H27N5O7S/c1-4-37-18(32)12-28-24(34)21(14-7-10-16(31)17(11-14)36-3)30(15-8-5-13(2)6-9-15)25(35)22-19(26)20(23(27)33)29-38-22/h5-11,21,31H,4,12,26H2,1-3H3,(H2,27,33)(H,28,34)/t21-/m0/s1. The fourth-order valence-corrected chi connectivity index (χ4v) is 4.32. The first-order valence-corrected chi connectivity index (χ1v) is 12.1. The Labute approximate surface area is 222 Å². The van der Waals surface area contributed by atoms with Gasteiger partial charge in [-0.25, -0.2) is 0 Å². The number of aromatic hydroxyl groups is 1. The number of benzene rings is 2. The van der Waals surface area contributed by atoms with Crippen LogP contribution in [-0.4, -0.2) is 53.4 Å². The van der Waals surface area contributed by atoms with E-state index in [2.05, 4.69) is 9.69 Å². The first-order valence-electron chi connectivity index (χ1n) is 11.3. The molecule has 0 aliphatic heterocycles. The van der Waals surface area contributed by atoms with E-state index in [1.165, 1.54) is 25.3 Å². The van der Waals surface area contributed by atoms with Crippen molar-refractivity contribution in [2.24, 2.45) is 5.73 Å². The molecular weight excluding hydrogens is 514 g/mol. The number of carbonyl (C=O) groups excluding carboxylic acids is 4. The van der Waals surface area contributed by atoms with Gasteiger partial charge < -0.3 is 31.4 Å². The Morgan fingerprint density at radius 3 is 2.42 bits per heavy atom. The van der Waals surface area contributed by atoms with Crippen molar-refractivity contribution >= 4 is 46.6 Å². The van der Waals surface area contributed by atoms with Crippen LogP contribution in [0.25, 0.3) is 0 Å². The highest BCUT2D eigenvalue weighted by molar-refractivity contribution is 7.09. The summed E-state index contributed by atoms with van der Waals surface area (Å²) in [5, 5.41) is 12.6. The molecule has 0 aliphatic rings. The number of nitrogens with zero attached hydrogens (tertiary/aromatic N) is 2. The molecule has 0 unspecified atom stereocenters. The van der Waals surface area contributed by atoms with Gasteiger partial charge in [0, 0.05) is 5.69 Å². The second kappa shape index (κ2) is 12.1. The highest BCUT2D eigenvalue weighted by Gasteiger charge is 2.36. The lowest BCUT2D eigenvalue weighted by Gasteiger charge is -2.31. The van der Waals surface area contributed by atoms with Crippen molar-refractivity contribution in [1.29, 1.82) is 0 Å². The van der Waals surface area contributed by atoms with Crippen LogP contribution in [0.4, 0.5) is 11.4 Å². The minimum absolute atomic E-state index is 0.0512. The van der Waals surface area contributed by atoms with Crippen LogP contribution >= 0.6 is 11.5 Å². The molecule has 6 N–H and O–H groups in total. The Morgan fingerprint density at radius 2 is 1.84 bits per heavy atom. The molecule has 2 aromatic carbocycles. The summed E-state index contributed by atoms with van der Waals surface area (Å²) in [6.45, 7) is 3.14. The summed E-state index contributed by atoms with van der Waals surface area (Å²) in [6, 6.07) is 9.49. The minimum Gasteiger partial charge on any atom is -0.504 e. The van der Waals surface area contributed by atoms with Crippen LogP contribution in [0.5, 0.6) is 11.5 Å². The average Bonchev–Trinajstić information content (AvgIpc) is 3.28. The number of phenols is 1. The lowest BCUT2D eigenvalue weighted by atomic mass is 10.0. The van der Waals surface area contributed by atoms with Crippen LogP contribution in [0, 0.1) is 6.92 Å². The zero-order valence-corrected chi connectivity index (χ0v) is 21.7. The number of primary amides is 1. The molecule has 0 saturated carbocycles. The smallest absolute Gasteiger partial charge is 0.325 e. The molecule has 0 bridgehead atoms. The van der Waals surface area contributed by atoms with Crippen LogP contribution in [0.3, 0.4) is 0 Å². The largest absolute Gasteiger partial charge is 0.504 e. The van der Waals surface area contributed by atoms with Crippen molar-refractivity contribution < 1.29 is 33.8 Å². The molecule has 1 atom stereocenters. The predicted molar refractivity (Wildman–Crippen MR) is 140 cm³/mol. The third kappa shape index (κ3) is 6.00. The number of carbonyl (C=O) groups is 4. The number of aryl methyl sites for hydroxylation is 1. The van der Waals surface area contributed by atoms with Gasteiger partial charge >= 0.3 is 5.97 Å². The summed E-state index contributed by atoms with van der Waals surface area (Å²) in [4.78, 5) is 52.3. The molecule has 1 aromatic heterocycles. The molecule has 0 saturated heterocycles. The van der Waals surface area contributed by atoms with Crippen LogP contribution < -0.4 is 26.4 Å². The van der Waals surface area contributed by atoms with E-state index in [1.54, 1.807) is 31.2 Å². The summed E-state index contributed by atoms with van der Waals surface area (Å²) in [6.07, 6.45) is 0. The molecule has 0 spiro atoms. The number of ether oxygens (including phenoxy) is 2. The van der Waals surface area contributed by atoms with Crippen LogP contribution in [-0.2, 0) is 14.3 Å². The van der Waals surface area contributed by atoms with Gasteiger partial charge in [0.25, 0.3) is 11.8 Å². The molecular formula is C25H27N5O7S. The summed E-state index contributed by atoms with van der Waals surface area (Å²) in [5.41, 5.74) is 12.3. The zero-order valence-electron chi connectivity index (χ0n) is 20.9. The lowest BCUT2D eigenvalue weighted by Crippen LogP contribution is -2.45. The number of amides is 3. The Morgan fingerprint density at radius 1 is 1.16 bits per heavy atom. The number of methoxy groups -OCH3 is 1. The summed E-state index contributed by atoms with van der Waals surface area (Å²) >= 11 is 0.660. The van der Waals surface area contributed by atoms with Gasteiger partial charge in [-0.1, -0.05) is 23.8 Å². The minimum atomic E-state index is -1.38. The summed E-state index contributed by atoms with van der Waals surface area (Å²) in [5.74, 6) is -3.21. The Hall–Kier alpha value is -4.65. The van der Waals surface area contributed by atoms with Gasteiger partial charge in [0.1, 0.15) is 17.5 Å². The number of hydrogen-bond donors (Lipinski definition) is 4. The van der Waals surface area contributed by atoms with Gasteiger partial charge in [0.05, 0.1) is 19.4 Å². The van der Waals surface area contributed by atoms with Crippen molar-refractivity contribution in [3.63, 3.8) is 0 Å². The van der Waals surface area contributed by atoms with Crippen molar-refractivity contribution in [3.05, 3.63) is 64.2 Å². The quantitative estimate of drug-likeness (QED) is 0.278. The van der Waals surface area contributed by atoms with Gasteiger partial charge in [-0.2, -0.15) is 4.37 Å². The molecule has 3 rings (SSSR count). The zero-order chi connectivity index (χ0) is 28.0. The number of phenolic OH excluding ortho intramolecular Hbond substituents is 1. The van der Waals surface area contributed by atoms with E-state index in [0.29, 0.717) is 17.2 Å². The summed E-state index contributed by atoms with van der Waals surface area (Å²) in [7, 11) is 1.33. The van der Waals surface area contributed by atoms with Gasteiger partial charge in [-0.05, 0) is 55.2 Å². The van der Waals surface area contributed by atoms with E-state index in [9.17, 15) is 24.3 Å². The van der Waals surface area contributed by atoms with Crippen LogP contribution in [0.2, 0.25) is 0 Å². The number of aromatic nitrogens is 1.